The fraction of sp³-hybridized carbons (Fsp3) is 0.538. The second-order valence-corrected chi connectivity index (χ2v) is 4.79. The van der Waals surface area contributed by atoms with Crippen molar-refractivity contribution in [2.24, 2.45) is 0 Å². The lowest BCUT2D eigenvalue weighted by Gasteiger charge is -2.18. The van der Waals surface area contributed by atoms with Gasteiger partial charge in [-0.1, -0.05) is 12.1 Å². The lowest BCUT2D eigenvalue weighted by Crippen LogP contribution is -2.29. The first kappa shape index (κ1) is 14.1. The number of alkyl halides is 1. The van der Waals surface area contributed by atoms with Crippen LogP contribution in [0.2, 0.25) is 0 Å². The summed E-state index contributed by atoms with van der Waals surface area (Å²) in [5.41, 5.74) is 0. The third kappa shape index (κ3) is 5.29. The number of para-hydroxylation sites is 2. The minimum absolute atomic E-state index is 0.159. The van der Waals surface area contributed by atoms with Gasteiger partial charge in [-0.05, 0) is 26.1 Å². The molecular formula is C13H20ClNO2. The molecule has 0 heterocycles. The van der Waals surface area contributed by atoms with Crippen molar-refractivity contribution >= 4 is 11.6 Å². The SMILES string of the molecule is COc1ccccc1OCCN(C)CC(C)Cl. The maximum atomic E-state index is 5.91. The molecule has 1 unspecified atom stereocenters. The Hall–Kier alpha value is -0.930. The maximum absolute atomic E-state index is 5.91. The Bertz CT molecular complexity index is 331. The van der Waals surface area contributed by atoms with E-state index in [0.717, 1.165) is 24.6 Å². The zero-order valence-corrected chi connectivity index (χ0v) is 11.4. The lowest BCUT2D eigenvalue weighted by atomic mass is 10.3. The summed E-state index contributed by atoms with van der Waals surface area (Å²) in [7, 11) is 3.67. The van der Waals surface area contributed by atoms with Gasteiger partial charge in [0, 0.05) is 18.5 Å². The van der Waals surface area contributed by atoms with E-state index in [-0.39, 0.29) is 5.38 Å². The summed E-state index contributed by atoms with van der Waals surface area (Å²) < 4.78 is 10.9. The van der Waals surface area contributed by atoms with Gasteiger partial charge in [-0.25, -0.2) is 0 Å². The van der Waals surface area contributed by atoms with E-state index in [2.05, 4.69) is 4.90 Å². The predicted octanol–water partition coefficient (Wildman–Crippen LogP) is 2.63. The Balaban J connectivity index is 2.35. The molecule has 1 aromatic rings. The molecule has 4 heteroatoms. The van der Waals surface area contributed by atoms with Gasteiger partial charge in [0.15, 0.2) is 11.5 Å². The van der Waals surface area contributed by atoms with Crippen LogP contribution in [0.25, 0.3) is 0 Å². The quantitative estimate of drug-likeness (QED) is 0.701. The highest BCUT2D eigenvalue weighted by molar-refractivity contribution is 6.20. The Morgan fingerprint density at radius 2 is 1.94 bits per heavy atom. The molecule has 0 saturated carbocycles. The van der Waals surface area contributed by atoms with E-state index in [0.29, 0.717) is 6.61 Å². The van der Waals surface area contributed by atoms with E-state index in [9.17, 15) is 0 Å². The Labute approximate surface area is 108 Å². The van der Waals surface area contributed by atoms with Gasteiger partial charge in [-0.3, -0.25) is 0 Å². The second-order valence-electron chi connectivity index (χ2n) is 4.04. The number of hydrogen-bond donors (Lipinski definition) is 0. The lowest BCUT2D eigenvalue weighted by molar-refractivity contribution is 0.231. The van der Waals surface area contributed by atoms with Gasteiger partial charge in [0.2, 0.25) is 0 Å². The molecular weight excluding hydrogens is 238 g/mol. The van der Waals surface area contributed by atoms with Gasteiger partial charge >= 0.3 is 0 Å². The predicted molar refractivity (Wildman–Crippen MR) is 71.3 cm³/mol. The van der Waals surface area contributed by atoms with Crippen molar-refractivity contribution in [3.8, 4) is 11.5 Å². The highest BCUT2D eigenvalue weighted by atomic mass is 35.5. The standard InChI is InChI=1S/C13H20ClNO2/c1-11(14)10-15(2)8-9-17-13-7-5-4-6-12(13)16-3/h4-7,11H,8-10H2,1-3H3. The van der Waals surface area contributed by atoms with Crippen molar-refractivity contribution in [1.29, 1.82) is 0 Å². The zero-order chi connectivity index (χ0) is 12.7. The number of methoxy groups -OCH3 is 1. The topological polar surface area (TPSA) is 21.7 Å². The van der Waals surface area contributed by atoms with E-state index in [1.165, 1.54) is 0 Å². The molecule has 0 saturated heterocycles. The minimum atomic E-state index is 0.159. The van der Waals surface area contributed by atoms with Gasteiger partial charge < -0.3 is 14.4 Å². The number of rotatable bonds is 7. The molecule has 1 rings (SSSR count). The zero-order valence-electron chi connectivity index (χ0n) is 10.6. The molecule has 0 aliphatic heterocycles. The van der Waals surface area contributed by atoms with Gasteiger partial charge in [0.25, 0.3) is 0 Å². The average molecular weight is 258 g/mol. The number of hydrogen-bond acceptors (Lipinski definition) is 3. The van der Waals surface area contributed by atoms with Crippen LogP contribution in [0.5, 0.6) is 11.5 Å². The van der Waals surface area contributed by atoms with E-state index in [1.807, 2.05) is 38.2 Å². The van der Waals surface area contributed by atoms with Gasteiger partial charge in [-0.15, -0.1) is 11.6 Å². The number of ether oxygens (including phenoxy) is 2. The van der Waals surface area contributed by atoms with Crippen LogP contribution < -0.4 is 9.47 Å². The fourth-order valence-corrected chi connectivity index (χ4v) is 1.81. The summed E-state index contributed by atoms with van der Waals surface area (Å²) >= 11 is 5.91. The molecule has 17 heavy (non-hydrogen) atoms. The highest BCUT2D eigenvalue weighted by Crippen LogP contribution is 2.25. The first-order valence-corrected chi connectivity index (χ1v) is 6.15. The molecule has 0 N–H and O–H groups in total. The van der Waals surface area contributed by atoms with Crippen LogP contribution in [-0.2, 0) is 0 Å². The molecule has 0 bridgehead atoms. The molecule has 0 amide bonds. The molecule has 1 atom stereocenters. The third-order valence-corrected chi connectivity index (χ3v) is 2.50. The van der Waals surface area contributed by atoms with Gasteiger partial charge in [0.1, 0.15) is 6.61 Å². The van der Waals surface area contributed by atoms with Crippen molar-refractivity contribution in [2.45, 2.75) is 12.3 Å². The van der Waals surface area contributed by atoms with Gasteiger partial charge in [0.05, 0.1) is 7.11 Å². The van der Waals surface area contributed by atoms with Crippen LogP contribution in [0.3, 0.4) is 0 Å². The Kier molecular flexibility index (Phi) is 6.16. The van der Waals surface area contributed by atoms with Crippen molar-refractivity contribution in [3.05, 3.63) is 24.3 Å². The van der Waals surface area contributed by atoms with Gasteiger partial charge in [-0.2, -0.15) is 0 Å². The van der Waals surface area contributed by atoms with E-state index >= 15 is 0 Å². The number of halogens is 1. The molecule has 96 valence electrons. The summed E-state index contributed by atoms with van der Waals surface area (Å²) in [6.07, 6.45) is 0. The van der Waals surface area contributed by atoms with Crippen molar-refractivity contribution in [3.63, 3.8) is 0 Å². The molecule has 0 fully saturated rings. The fourth-order valence-electron chi connectivity index (χ4n) is 1.57. The third-order valence-electron chi connectivity index (χ3n) is 2.36. The largest absolute Gasteiger partial charge is 0.493 e. The van der Waals surface area contributed by atoms with E-state index in [4.69, 9.17) is 21.1 Å². The van der Waals surface area contributed by atoms with Crippen molar-refractivity contribution < 1.29 is 9.47 Å². The van der Waals surface area contributed by atoms with E-state index < -0.39 is 0 Å². The van der Waals surface area contributed by atoms with Crippen LogP contribution in [-0.4, -0.2) is 44.1 Å². The summed E-state index contributed by atoms with van der Waals surface area (Å²) in [4.78, 5) is 2.15. The maximum Gasteiger partial charge on any atom is 0.161 e. The van der Waals surface area contributed by atoms with Crippen molar-refractivity contribution in [1.82, 2.24) is 4.90 Å². The first-order valence-electron chi connectivity index (χ1n) is 5.72. The van der Waals surface area contributed by atoms with Crippen LogP contribution in [0, 0.1) is 0 Å². The molecule has 3 nitrogen and oxygen atoms in total. The van der Waals surface area contributed by atoms with Crippen LogP contribution in [0.4, 0.5) is 0 Å². The highest BCUT2D eigenvalue weighted by Gasteiger charge is 2.05. The van der Waals surface area contributed by atoms with Crippen LogP contribution in [0.15, 0.2) is 24.3 Å². The Morgan fingerprint density at radius 3 is 2.53 bits per heavy atom. The minimum Gasteiger partial charge on any atom is -0.493 e. The van der Waals surface area contributed by atoms with Crippen LogP contribution >= 0.6 is 11.6 Å². The summed E-state index contributed by atoms with van der Waals surface area (Å²) in [6, 6.07) is 7.65. The van der Waals surface area contributed by atoms with Crippen LogP contribution in [0.1, 0.15) is 6.92 Å². The average Bonchev–Trinajstić information content (AvgIpc) is 2.28. The summed E-state index contributed by atoms with van der Waals surface area (Å²) in [5, 5.41) is 0.159. The summed E-state index contributed by atoms with van der Waals surface area (Å²) in [5.74, 6) is 1.54. The first-order chi connectivity index (χ1) is 8.13. The number of nitrogens with zero attached hydrogens (tertiary/aromatic N) is 1. The molecule has 1 aromatic carbocycles. The molecule has 0 aliphatic rings. The second kappa shape index (κ2) is 7.41. The molecule has 0 aromatic heterocycles. The normalized spacial score (nSPS) is 12.5. The molecule has 0 aliphatic carbocycles. The molecule has 0 radical (unpaired) electrons. The number of likely N-dealkylation sites (N-methyl/N-ethyl adjacent to an activating group) is 1. The number of benzene rings is 1. The van der Waals surface area contributed by atoms with Crippen molar-refractivity contribution in [2.75, 3.05) is 33.9 Å². The Morgan fingerprint density at radius 1 is 1.29 bits per heavy atom. The monoisotopic (exact) mass is 257 g/mol. The smallest absolute Gasteiger partial charge is 0.161 e. The summed E-state index contributed by atoms with van der Waals surface area (Å²) in [6.45, 7) is 4.31. The molecule has 0 spiro atoms. The van der Waals surface area contributed by atoms with E-state index in [1.54, 1.807) is 7.11 Å².